The van der Waals surface area contributed by atoms with Gasteiger partial charge in [-0.2, -0.15) is 4.99 Å². The van der Waals surface area contributed by atoms with E-state index in [0.717, 1.165) is 23.7 Å². The number of amides is 4. The van der Waals surface area contributed by atoms with Crippen molar-refractivity contribution in [2.45, 2.75) is 12.8 Å². The maximum Gasteiger partial charge on any atom is 0.350 e. The van der Waals surface area contributed by atoms with E-state index in [4.69, 9.17) is 11.6 Å². The zero-order valence-corrected chi connectivity index (χ0v) is 17.3. The second-order valence-corrected chi connectivity index (χ2v) is 7.92. The standard InChI is InChI=1S/C22H23ClN4O3/c23-16-5-3-6-17(15-16)25-11-13-26(14-12-25)20(28)9-4-10-27-21(29)18-7-1-2-8-19(18)24-22(27)30/h1-3,5-8,15,18H,4,9-14H2. The zero-order chi connectivity index (χ0) is 21.1. The van der Waals surface area contributed by atoms with E-state index in [9.17, 15) is 14.4 Å². The molecular weight excluding hydrogens is 404 g/mol. The molecule has 2 heterocycles. The molecule has 0 saturated carbocycles. The van der Waals surface area contributed by atoms with E-state index in [1.807, 2.05) is 29.2 Å². The Hall–Kier alpha value is -2.93. The molecule has 0 bridgehead atoms. The number of carbonyl (C=O) groups excluding carboxylic acids is 3. The summed E-state index contributed by atoms with van der Waals surface area (Å²) in [5.41, 5.74) is 1.54. The lowest BCUT2D eigenvalue weighted by Crippen LogP contribution is -2.49. The van der Waals surface area contributed by atoms with Gasteiger partial charge in [0.25, 0.3) is 0 Å². The summed E-state index contributed by atoms with van der Waals surface area (Å²) in [5.74, 6) is -0.724. The molecule has 7 nitrogen and oxygen atoms in total. The van der Waals surface area contributed by atoms with Gasteiger partial charge in [-0.05, 0) is 30.7 Å². The Morgan fingerprint density at radius 3 is 2.70 bits per heavy atom. The highest BCUT2D eigenvalue weighted by Gasteiger charge is 2.35. The summed E-state index contributed by atoms with van der Waals surface area (Å²) >= 11 is 6.06. The molecule has 30 heavy (non-hydrogen) atoms. The predicted octanol–water partition coefficient (Wildman–Crippen LogP) is 2.91. The van der Waals surface area contributed by atoms with Gasteiger partial charge in [0.15, 0.2) is 0 Å². The molecule has 0 N–H and O–H groups in total. The van der Waals surface area contributed by atoms with Gasteiger partial charge in [-0.25, -0.2) is 4.79 Å². The van der Waals surface area contributed by atoms with Crippen LogP contribution in [-0.4, -0.2) is 66.1 Å². The summed E-state index contributed by atoms with van der Waals surface area (Å²) in [6, 6.07) is 7.16. The summed E-state index contributed by atoms with van der Waals surface area (Å²) in [4.78, 5) is 46.5. The number of halogens is 1. The van der Waals surface area contributed by atoms with Crippen LogP contribution in [0.15, 0.2) is 53.6 Å². The predicted molar refractivity (Wildman–Crippen MR) is 116 cm³/mol. The molecule has 0 spiro atoms. The first-order valence-electron chi connectivity index (χ1n) is 10.1. The molecule has 1 saturated heterocycles. The summed E-state index contributed by atoms with van der Waals surface area (Å²) in [5, 5.41) is 0.698. The van der Waals surface area contributed by atoms with Gasteiger partial charge >= 0.3 is 6.03 Å². The number of nitrogens with zero attached hydrogens (tertiary/aromatic N) is 4. The molecule has 0 radical (unpaired) electrons. The zero-order valence-electron chi connectivity index (χ0n) is 16.5. The van der Waals surface area contributed by atoms with Crippen LogP contribution in [0.25, 0.3) is 0 Å². The van der Waals surface area contributed by atoms with Gasteiger partial charge in [0.1, 0.15) is 0 Å². The Morgan fingerprint density at radius 1 is 1.13 bits per heavy atom. The summed E-state index contributed by atoms with van der Waals surface area (Å²) < 4.78 is 0. The number of rotatable bonds is 5. The number of anilines is 1. The lowest BCUT2D eigenvalue weighted by atomic mass is 9.95. The van der Waals surface area contributed by atoms with E-state index in [-0.39, 0.29) is 18.4 Å². The van der Waals surface area contributed by atoms with Crippen molar-refractivity contribution in [3.8, 4) is 0 Å². The maximum absolute atomic E-state index is 12.6. The van der Waals surface area contributed by atoms with Crippen molar-refractivity contribution in [1.29, 1.82) is 0 Å². The Morgan fingerprint density at radius 2 is 1.93 bits per heavy atom. The minimum absolute atomic E-state index is 0.0438. The van der Waals surface area contributed by atoms with Gasteiger partial charge in [-0.15, -0.1) is 0 Å². The fourth-order valence-corrected chi connectivity index (χ4v) is 4.10. The van der Waals surface area contributed by atoms with E-state index in [1.54, 1.807) is 24.3 Å². The topological polar surface area (TPSA) is 73.3 Å². The van der Waals surface area contributed by atoms with Gasteiger partial charge in [0.05, 0.1) is 11.6 Å². The van der Waals surface area contributed by atoms with Crippen molar-refractivity contribution in [2.75, 3.05) is 37.6 Å². The molecule has 4 rings (SSSR count). The fourth-order valence-electron chi connectivity index (χ4n) is 3.92. The van der Waals surface area contributed by atoms with Crippen molar-refractivity contribution >= 4 is 40.8 Å². The molecule has 156 valence electrons. The number of carbonyl (C=O) groups is 3. The minimum Gasteiger partial charge on any atom is -0.368 e. The van der Waals surface area contributed by atoms with E-state index >= 15 is 0 Å². The first-order valence-corrected chi connectivity index (χ1v) is 10.5. The first kappa shape index (κ1) is 20.3. The number of imide groups is 1. The number of allylic oxidation sites excluding steroid dienone is 3. The second kappa shape index (κ2) is 8.83. The number of hydrogen-bond donors (Lipinski definition) is 0. The van der Waals surface area contributed by atoms with E-state index in [0.29, 0.717) is 36.7 Å². The molecule has 1 fully saturated rings. The average Bonchev–Trinajstić information content (AvgIpc) is 2.76. The average molecular weight is 427 g/mol. The molecular formula is C22H23ClN4O3. The third-order valence-corrected chi connectivity index (χ3v) is 5.80. The van der Waals surface area contributed by atoms with Crippen molar-refractivity contribution in [1.82, 2.24) is 9.80 Å². The second-order valence-electron chi connectivity index (χ2n) is 7.48. The van der Waals surface area contributed by atoms with Crippen molar-refractivity contribution in [3.05, 3.63) is 53.6 Å². The molecule has 2 aliphatic heterocycles. The van der Waals surface area contributed by atoms with Crippen LogP contribution >= 0.6 is 11.6 Å². The van der Waals surface area contributed by atoms with E-state index < -0.39 is 11.9 Å². The maximum atomic E-state index is 12.6. The highest BCUT2D eigenvalue weighted by molar-refractivity contribution is 6.30. The summed E-state index contributed by atoms with van der Waals surface area (Å²) in [7, 11) is 0. The lowest BCUT2D eigenvalue weighted by molar-refractivity contribution is -0.133. The van der Waals surface area contributed by atoms with Crippen LogP contribution in [0.1, 0.15) is 12.8 Å². The Labute approximate surface area is 180 Å². The number of fused-ring (bicyclic) bond motifs is 1. The van der Waals surface area contributed by atoms with Crippen LogP contribution in [0, 0.1) is 5.92 Å². The number of piperazine rings is 1. The van der Waals surface area contributed by atoms with Crippen LogP contribution in [0.4, 0.5) is 10.5 Å². The molecule has 4 amide bonds. The van der Waals surface area contributed by atoms with Crippen LogP contribution < -0.4 is 4.90 Å². The smallest absolute Gasteiger partial charge is 0.350 e. The number of hydrogen-bond acceptors (Lipinski definition) is 4. The third kappa shape index (κ3) is 4.31. The largest absolute Gasteiger partial charge is 0.368 e. The SMILES string of the molecule is O=C(CCCN1C(=O)N=C2C=CC=CC2C1=O)N1CCN(c2cccc(Cl)c2)CC1. The quantitative estimate of drug-likeness (QED) is 0.725. The van der Waals surface area contributed by atoms with Crippen molar-refractivity contribution in [2.24, 2.45) is 10.9 Å². The molecule has 1 aromatic carbocycles. The summed E-state index contributed by atoms with van der Waals surface area (Å²) in [6.45, 7) is 2.97. The fraction of sp³-hybridized carbons (Fsp3) is 0.364. The molecule has 0 aromatic heterocycles. The van der Waals surface area contributed by atoms with Gasteiger partial charge in [0.2, 0.25) is 11.8 Å². The highest BCUT2D eigenvalue weighted by atomic mass is 35.5. The van der Waals surface area contributed by atoms with Gasteiger partial charge in [-0.3, -0.25) is 14.5 Å². The number of urea groups is 1. The van der Waals surface area contributed by atoms with Crippen LogP contribution in [0.3, 0.4) is 0 Å². The van der Waals surface area contributed by atoms with Gasteiger partial charge < -0.3 is 9.80 Å². The monoisotopic (exact) mass is 426 g/mol. The van der Waals surface area contributed by atoms with Gasteiger partial charge in [-0.1, -0.05) is 35.9 Å². The van der Waals surface area contributed by atoms with Crippen LogP contribution in [0.2, 0.25) is 5.02 Å². The van der Waals surface area contributed by atoms with Gasteiger partial charge in [0, 0.05) is 49.9 Å². The van der Waals surface area contributed by atoms with Crippen molar-refractivity contribution < 1.29 is 14.4 Å². The molecule has 8 heteroatoms. The first-order chi connectivity index (χ1) is 14.5. The van der Waals surface area contributed by atoms with Crippen molar-refractivity contribution in [3.63, 3.8) is 0 Å². The molecule has 1 unspecified atom stereocenters. The Balaban J connectivity index is 1.25. The molecule has 3 aliphatic rings. The third-order valence-electron chi connectivity index (χ3n) is 5.57. The minimum atomic E-state index is -0.547. The Bertz CT molecular complexity index is 947. The number of benzene rings is 1. The normalized spacial score (nSPS) is 21.0. The molecule has 1 aliphatic carbocycles. The molecule has 1 atom stereocenters. The highest BCUT2D eigenvalue weighted by Crippen LogP contribution is 2.22. The van der Waals surface area contributed by atoms with E-state index in [1.165, 1.54) is 0 Å². The van der Waals surface area contributed by atoms with Crippen LogP contribution in [0.5, 0.6) is 0 Å². The van der Waals surface area contributed by atoms with Crippen LogP contribution in [-0.2, 0) is 9.59 Å². The Kier molecular flexibility index (Phi) is 5.99. The summed E-state index contributed by atoms with van der Waals surface area (Å²) in [6.07, 6.45) is 7.70. The van der Waals surface area contributed by atoms with E-state index in [2.05, 4.69) is 9.89 Å². The number of aliphatic imine (C=N–C) groups is 1. The molecule has 1 aromatic rings. The lowest BCUT2D eigenvalue weighted by Gasteiger charge is -2.36.